The van der Waals surface area contributed by atoms with E-state index in [0.29, 0.717) is 5.69 Å². The molecule has 1 atom stereocenters. The standard InChI is InChI=1S/C18H19NO7S/c1-2-25-17(21)8-9-18(22)26-12-16(20)19(14-6-4-3-5-7-14)15-10-11-27(23,24)13-15/h3-11,15H,2,12-13H2,1H3/b9-8+/t15-/m0/s1. The molecule has 27 heavy (non-hydrogen) atoms. The summed E-state index contributed by atoms with van der Waals surface area (Å²) < 4.78 is 32.9. The molecule has 1 aromatic carbocycles. The smallest absolute Gasteiger partial charge is 0.331 e. The second-order valence-corrected chi connectivity index (χ2v) is 7.45. The molecule has 2 rings (SSSR count). The molecule has 1 heterocycles. The van der Waals surface area contributed by atoms with Crippen molar-refractivity contribution in [2.24, 2.45) is 0 Å². The van der Waals surface area contributed by atoms with Gasteiger partial charge in [0.25, 0.3) is 5.91 Å². The molecule has 0 bridgehead atoms. The van der Waals surface area contributed by atoms with Crippen molar-refractivity contribution in [2.75, 3.05) is 23.9 Å². The number of amides is 1. The fourth-order valence-electron chi connectivity index (χ4n) is 2.41. The van der Waals surface area contributed by atoms with Crippen LogP contribution in [0, 0.1) is 0 Å². The van der Waals surface area contributed by atoms with Gasteiger partial charge in [0.05, 0.1) is 18.4 Å². The van der Waals surface area contributed by atoms with E-state index in [1.54, 1.807) is 37.3 Å². The van der Waals surface area contributed by atoms with E-state index in [4.69, 9.17) is 4.74 Å². The predicted molar refractivity (Wildman–Crippen MR) is 97.4 cm³/mol. The van der Waals surface area contributed by atoms with Gasteiger partial charge in [-0.1, -0.05) is 18.2 Å². The maximum atomic E-state index is 12.6. The Bertz CT molecular complexity index is 859. The van der Waals surface area contributed by atoms with Crippen molar-refractivity contribution in [3.8, 4) is 0 Å². The fraction of sp³-hybridized carbons (Fsp3) is 0.278. The maximum absolute atomic E-state index is 12.6. The largest absolute Gasteiger partial charge is 0.463 e. The number of carbonyl (C=O) groups is 3. The molecule has 1 aliphatic heterocycles. The average Bonchev–Trinajstić information content (AvgIpc) is 2.99. The number of rotatable bonds is 7. The first-order valence-electron chi connectivity index (χ1n) is 8.12. The molecule has 0 unspecified atom stereocenters. The van der Waals surface area contributed by atoms with E-state index in [1.165, 1.54) is 11.0 Å². The fourth-order valence-corrected chi connectivity index (χ4v) is 3.67. The van der Waals surface area contributed by atoms with Crippen LogP contribution in [0.1, 0.15) is 6.92 Å². The number of hydrogen-bond acceptors (Lipinski definition) is 7. The summed E-state index contributed by atoms with van der Waals surface area (Å²) in [4.78, 5) is 36.7. The third-order valence-corrected chi connectivity index (χ3v) is 4.90. The maximum Gasteiger partial charge on any atom is 0.331 e. The summed E-state index contributed by atoms with van der Waals surface area (Å²) in [5.74, 6) is -2.43. The predicted octanol–water partition coefficient (Wildman–Crippen LogP) is 0.993. The minimum absolute atomic E-state index is 0.167. The van der Waals surface area contributed by atoms with Crippen molar-refractivity contribution in [2.45, 2.75) is 13.0 Å². The first-order valence-corrected chi connectivity index (χ1v) is 9.83. The van der Waals surface area contributed by atoms with E-state index >= 15 is 0 Å². The van der Waals surface area contributed by atoms with Crippen LogP contribution in [0.25, 0.3) is 0 Å². The van der Waals surface area contributed by atoms with Gasteiger partial charge in [-0.15, -0.1) is 0 Å². The SMILES string of the molecule is CCOC(=O)/C=C/C(=O)OCC(=O)N(c1ccccc1)[C@H]1C=CS(=O)(=O)C1. The summed E-state index contributed by atoms with van der Waals surface area (Å²) in [5, 5.41) is 1.06. The van der Waals surface area contributed by atoms with Gasteiger partial charge in [-0.3, -0.25) is 4.79 Å². The van der Waals surface area contributed by atoms with Crippen LogP contribution in [0.15, 0.2) is 54.0 Å². The Morgan fingerprint density at radius 1 is 1.11 bits per heavy atom. The summed E-state index contributed by atoms with van der Waals surface area (Å²) in [6, 6.07) is 7.78. The molecular formula is C18H19NO7S. The van der Waals surface area contributed by atoms with Crippen LogP contribution >= 0.6 is 0 Å². The molecule has 0 N–H and O–H groups in total. The summed E-state index contributed by atoms with van der Waals surface area (Å²) in [6.45, 7) is 1.18. The number of ether oxygens (including phenoxy) is 2. The van der Waals surface area contributed by atoms with Crippen molar-refractivity contribution in [1.82, 2.24) is 0 Å². The van der Waals surface area contributed by atoms with E-state index in [2.05, 4.69) is 4.74 Å². The normalized spacial score (nSPS) is 17.6. The van der Waals surface area contributed by atoms with Gasteiger partial charge in [-0.05, 0) is 25.1 Å². The molecule has 0 aliphatic carbocycles. The van der Waals surface area contributed by atoms with Crippen molar-refractivity contribution < 1.29 is 32.3 Å². The van der Waals surface area contributed by atoms with Crippen molar-refractivity contribution in [3.63, 3.8) is 0 Å². The zero-order valence-corrected chi connectivity index (χ0v) is 15.4. The number of hydrogen-bond donors (Lipinski definition) is 0. The number of sulfone groups is 1. The van der Waals surface area contributed by atoms with Gasteiger partial charge in [0.15, 0.2) is 16.4 Å². The van der Waals surface area contributed by atoms with Gasteiger partial charge in [0, 0.05) is 23.2 Å². The molecule has 8 nitrogen and oxygen atoms in total. The quantitative estimate of drug-likeness (QED) is 0.502. The Kier molecular flexibility index (Phi) is 6.89. The molecule has 0 radical (unpaired) electrons. The molecule has 0 saturated heterocycles. The number of nitrogens with zero attached hydrogens (tertiary/aromatic N) is 1. The first kappa shape index (κ1) is 20.4. The molecular weight excluding hydrogens is 374 g/mol. The third kappa shape index (κ3) is 6.07. The lowest BCUT2D eigenvalue weighted by Gasteiger charge is -2.27. The second-order valence-electron chi connectivity index (χ2n) is 5.52. The van der Waals surface area contributed by atoms with Gasteiger partial charge in [0.2, 0.25) is 0 Å². The summed E-state index contributed by atoms with van der Waals surface area (Å²) in [6.07, 6.45) is 3.18. The van der Waals surface area contributed by atoms with Crippen LogP contribution in [0.3, 0.4) is 0 Å². The van der Waals surface area contributed by atoms with Crippen LogP contribution in [0.4, 0.5) is 5.69 Å². The highest BCUT2D eigenvalue weighted by Crippen LogP contribution is 2.22. The minimum atomic E-state index is -3.38. The lowest BCUT2D eigenvalue weighted by atomic mass is 10.2. The monoisotopic (exact) mass is 393 g/mol. The summed E-state index contributed by atoms with van der Waals surface area (Å²) >= 11 is 0. The Labute approximate surface area is 157 Å². The van der Waals surface area contributed by atoms with E-state index in [9.17, 15) is 22.8 Å². The zero-order valence-electron chi connectivity index (χ0n) is 14.6. The Morgan fingerprint density at radius 2 is 1.74 bits per heavy atom. The van der Waals surface area contributed by atoms with Crippen LogP contribution < -0.4 is 4.90 Å². The van der Waals surface area contributed by atoms with E-state index < -0.39 is 40.3 Å². The Balaban J connectivity index is 2.06. The summed E-state index contributed by atoms with van der Waals surface area (Å²) in [5.41, 5.74) is 0.479. The second kappa shape index (κ2) is 9.13. The number of anilines is 1. The van der Waals surface area contributed by atoms with E-state index in [-0.39, 0.29) is 12.4 Å². The number of benzene rings is 1. The van der Waals surface area contributed by atoms with E-state index in [0.717, 1.165) is 17.6 Å². The van der Waals surface area contributed by atoms with Crippen LogP contribution in [-0.2, 0) is 33.7 Å². The van der Waals surface area contributed by atoms with Gasteiger partial charge in [-0.25, -0.2) is 18.0 Å². The molecule has 0 aromatic heterocycles. The molecule has 1 aliphatic rings. The van der Waals surface area contributed by atoms with Crippen LogP contribution in [-0.4, -0.2) is 51.3 Å². The number of esters is 2. The number of para-hydroxylation sites is 1. The minimum Gasteiger partial charge on any atom is -0.463 e. The lowest BCUT2D eigenvalue weighted by molar-refractivity contribution is -0.143. The van der Waals surface area contributed by atoms with E-state index in [1.807, 2.05) is 0 Å². The van der Waals surface area contributed by atoms with Crippen molar-refractivity contribution in [3.05, 3.63) is 54.0 Å². The zero-order chi connectivity index (χ0) is 19.9. The highest BCUT2D eigenvalue weighted by atomic mass is 32.2. The van der Waals surface area contributed by atoms with Gasteiger partial charge >= 0.3 is 11.9 Å². The molecule has 0 saturated carbocycles. The van der Waals surface area contributed by atoms with Gasteiger partial charge in [0.1, 0.15) is 0 Å². The van der Waals surface area contributed by atoms with Crippen molar-refractivity contribution >= 4 is 33.4 Å². The topological polar surface area (TPSA) is 107 Å². The van der Waals surface area contributed by atoms with Crippen LogP contribution in [0.2, 0.25) is 0 Å². The Hall–Kier alpha value is -2.94. The van der Waals surface area contributed by atoms with Crippen LogP contribution in [0.5, 0.6) is 0 Å². The molecule has 0 spiro atoms. The summed E-state index contributed by atoms with van der Waals surface area (Å²) in [7, 11) is -3.38. The molecule has 1 aromatic rings. The number of carbonyl (C=O) groups excluding carboxylic acids is 3. The molecule has 144 valence electrons. The van der Waals surface area contributed by atoms with Gasteiger partial charge in [-0.2, -0.15) is 0 Å². The molecule has 0 fully saturated rings. The lowest BCUT2D eigenvalue weighted by Crippen LogP contribution is -2.43. The van der Waals surface area contributed by atoms with Crippen molar-refractivity contribution in [1.29, 1.82) is 0 Å². The highest BCUT2D eigenvalue weighted by Gasteiger charge is 2.31. The first-order chi connectivity index (χ1) is 12.8. The van der Waals surface area contributed by atoms with Gasteiger partial charge < -0.3 is 14.4 Å². The third-order valence-electron chi connectivity index (χ3n) is 3.53. The Morgan fingerprint density at radius 3 is 2.30 bits per heavy atom. The highest BCUT2D eigenvalue weighted by molar-refractivity contribution is 7.94. The molecule has 1 amide bonds. The molecule has 9 heteroatoms. The average molecular weight is 393 g/mol.